The maximum Gasteiger partial charge on any atom is 0.0214 e. The Balaban J connectivity index is 1.97. The summed E-state index contributed by atoms with van der Waals surface area (Å²) in [5.74, 6) is 0.692. The Morgan fingerprint density at radius 2 is 1.61 bits per heavy atom. The van der Waals surface area contributed by atoms with Gasteiger partial charge in [-0.25, -0.2) is 0 Å². The van der Waals surface area contributed by atoms with E-state index in [1.165, 1.54) is 48.4 Å². The summed E-state index contributed by atoms with van der Waals surface area (Å²) in [5, 5.41) is 2.72. The summed E-state index contributed by atoms with van der Waals surface area (Å²) in [6.45, 7) is 0. The number of fused-ring (bicyclic) bond motifs is 1. The fraction of sp³-hybridized carbons (Fsp3) is 0.412. The molecule has 0 N–H and O–H groups in total. The first-order valence-electron chi connectivity index (χ1n) is 6.97. The molecule has 1 heteroatoms. The molecule has 18 heavy (non-hydrogen) atoms. The number of rotatable bonds is 1. The van der Waals surface area contributed by atoms with Crippen LogP contribution in [0.2, 0.25) is 0 Å². The number of hydrogen-bond donors (Lipinski definition) is 0. The first-order valence-corrected chi connectivity index (χ1v) is 7.89. The third kappa shape index (κ3) is 2.47. The molecule has 1 aliphatic rings. The average Bonchev–Trinajstić information content (AvgIpc) is 2.63. The molecule has 0 aromatic heterocycles. The number of benzene rings is 2. The van der Waals surface area contributed by atoms with Crippen molar-refractivity contribution in [1.82, 2.24) is 0 Å². The van der Waals surface area contributed by atoms with Gasteiger partial charge >= 0.3 is 0 Å². The largest absolute Gasteiger partial charge is 0.0884 e. The molecule has 2 unspecified atom stereocenters. The van der Waals surface area contributed by atoms with E-state index < -0.39 is 0 Å². The lowest BCUT2D eigenvalue weighted by Crippen LogP contribution is -2.10. The molecule has 1 fully saturated rings. The molecule has 94 valence electrons. The van der Waals surface area contributed by atoms with Gasteiger partial charge in [0.15, 0.2) is 0 Å². The predicted octanol–water partition coefficient (Wildman–Crippen LogP) is 5.65. The SMILES string of the molecule is BrC1CCCCCC1c1ccc2ccccc2c1. The summed E-state index contributed by atoms with van der Waals surface area (Å²) in [6.07, 6.45) is 6.79. The molecule has 0 radical (unpaired) electrons. The van der Waals surface area contributed by atoms with Crippen molar-refractivity contribution in [2.75, 3.05) is 0 Å². The van der Waals surface area contributed by atoms with Gasteiger partial charge in [0.25, 0.3) is 0 Å². The second-order valence-corrected chi connectivity index (χ2v) is 6.54. The molecule has 0 heterocycles. The third-order valence-electron chi connectivity index (χ3n) is 4.13. The van der Waals surface area contributed by atoms with Gasteiger partial charge < -0.3 is 0 Å². The van der Waals surface area contributed by atoms with Crippen LogP contribution in [-0.2, 0) is 0 Å². The number of halogens is 1. The summed E-state index contributed by atoms with van der Waals surface area (Å²) < 4.78 is 0. The first kappa shape index (κ1) is 12.2. The highest BCUT2D eigenvalue weighted by Gasteiger charge is 2.22. The summed E-state index contributed by atoms with van der Waals surface area (Å²) in [7, 11) is 0. The van der Waals surface area contributed by atoms with Crippen molar-refractivity contribution in [2.24, 2.45) is 0 Å². The topological polar surface area (TPSA) is 0 Å². The van der Waals surface area contributed by atoms with E-state index in [2.05, 4.69) is 58.4 Å². The van der Waals surface area contributed by atoms with E-state index in [1.54, 1.807) is 0 Å². The molecule has 1 aliphatic carbocycles. The molecule has 2 aromatic carbocycles. The molecule has 3 rings (SSSR count). The van der Waals surface area contributed by atoms with Crippen LogP contribution in [0.4, 0.5) is 0 Å². The van der Waals surface area contributed by atoms with E-state index in [0.29, 0.717) is 10.7 Å². The molecule has 0 amide bonds. The van der Waals surface area contributed by atoms with E-state index in [1.807, 2.05) is 0 Å². The highest BCUT2D eigenvalue weighted by molar-refractivity contribution is 9.09. The Labute approximate surface area is 118 Å². The van der Waals surface area contributed by atoms with Crippen molar-refractivity contribution < 1.29 is 0 Å². The second kappa shape index (κ2) is 5.44. The van der Waals surface area contributed by atoms with Crippen LogP contribution in [0.3, 0.4) is 0 Å². The molecule has 0 bridgehead atoms. The highest BCUT2D eigenvalue weighted by Crippen LogP contribution is 2.37. The van der Waals surface area contributed by atoms with Crippen molar-refractivity contribution in [2.45, 2.75) is 42.8 Å². The Bertz CT molecular complexity index is 532. The van der Waals surface area contributed by atoms with Crippen molar-refractivity contribution in [1.29, 1.82) is 0 Å². The first-order chi connectivity index (χ1) is 8.84. The monoisotopic (exact) mass is 302 g/mol. The average molecular weight is 303 g/mol. The molecule has 2 aromatic rings. The van der Waals surface area contributed by atoms with Crippen LogP contribution in [0, 0.1) is 0 Å². The smallest absolute Gasteiger partial charge is 0.0214 e. The van der Waals surface area contributed by atoms with Crippen LogP contribution in [0.15, 0.2) is 42.5 Å². The van der Waals surface area contributed by atoms with Crippen LogP contribution >= 0.6 is 15.9 Å². The van der Waals surface area contributed by atoms with Crippen molar-refractivity contribution >= 4 is 26.7 Å². The van der Waals surface area contributed by atoms with E-state index >= 15 is 0 Å². The predicted molar refractivity (Wildman–Crippen MR) is 82.5 cm³/mol. The fourth-order valence-electron chi connectivity index (χ4n) is 3.08. The van der Waals surface area contributed by atoms with Crippen LogP contribution in [0.1, 0.15) is 43.6 Å². The zero-order valence-corrected chi connectivity index (χ0v) is 12.2. The minimum absolute atomic E-state index is 0.654. The minimum atomic E-state index is 0.654. The molecule has 0 nitrogen and oxygen atoms in total. The van der Waals surface area contributed by atoms with Crippen molar-refractivity contribution in [3.05, 3.63) is 48.0 Å². The number of hydrogen-bond acceptors (Lipinski definition) is 0. The normalized spacial score (nSPS) is 24.9. The van der Waals surface area contributed by atoms with Crippen molar-refractivity contribution in [3.8, 4) is 0 Å². The summed E-state index contributed by atoms with van der Waals surface area (Å²) in [4.78, 5) is 0.654. The van der Waals surface area contributed by atoms with Gasteiger partial charge in [-0.05, 0) is 35.1 Å². The van der Waals surface area contributed by atoms with Crippen LogP contribution in [0.5, 0.6) is 0 Å². The fourth-order valence-corrected chi connectivity index (χ4v) is 3.97. The van der Waals surface area contributed by atoms with Gasteiger partial charge in [-0.1, -0.05) is 77.7 Å². The lowest BCUT2D eigenvalue weighted by Gasteiger charge is -2.20. The lowest BCUT2D eigenvalue weighted by molar-refractivity contribution is 0.613. The zero-order valence-electron chi connectivity index (χ0n) is 10.6. The van der Waals surface area contributed by atoms with Gasteiger partial charge in [-0.2, -0.15) is 0 Å². The molecule has 1 saturated carbocycles. The van der Waals surface area contributed by atoms with Gasteiger partial charge in [-0.3, -0.25) is 0 Å². The summed E-state index contributed by atoms with van der Waals surface area (Å²) in [6, 6.07) is 15.6. The maximum absolute atomic E-state index is 3.91. The van der Waals surface area contributed by atoms with E-state index in [-0.39, 0.29) is 0 Å². The maximum atomic E-state index is 3.91. The van der Waals surface area contributed by atoms with E-state index in [9.17, 15) is 0 Å². The van der Waals surface area contributed by atoms with Gasteiger partial charge in [0.05, 0.1) is 0 Å². The van der Waals surface area contributed by atoms with Gasteiger partial charge in [0, 0.05) is 4.83 Å². The Kier molecular flexibility index (Phi) is 3.69. The molecule has 0 spiro atoms. The van der Waals surface area contributed by atoms with Gasteiger partial charge in [0.1, 0.15) is 0 Å². The Morgan fingerprint density at radius 3 is 2.50 bits per heavy atom. The molecule has 2 atom stereocenters. The Morgan fingerprint density at radius 1 is 0.833 bits per heavy atom. The minimum Gasteiger partial charge on any atom is -0.0884 e. The summed E-state index contributed by atoms with van der Waals surface area (Å²) >= 11 is 3.91. The molecule has 0 saturated heterocycles. The summed E-state index contributed by atoms with van der Waals surface area (Å²) in [5.41, 5.74) is 1.51. The number of alkyl halides is 1. The van der Waals surface area contributed by atoms with Gasteiger partial charge in [-0.15, -0.1) is 0 Å². The highest BCUT2D eigenvalue weighted by atomic mass is 79.9. The molecular formula is C17H19Br. The third-order valence-corrected chi connectivity index (χ3v) is 5.23. The zero-order chi connectivity index (χ0) is 12.4. The van der Waals surface area contributed by atoms with Crippen LogP contribution < -0.4 is 0 Å². The van der Waals surface area contributed by atoms with E-state index in [4.69, 9.17) is 0 Å². The quantitative estimate of drug-likeness (QED) is 0.471. The lowest BCUT2D eigenvalue weighted by atomic mass is 9.90. The molecular weight excluding hydrogens is 284 g/mol. The second-order valence-electron chi connectivity index (χ2n) is 5.37. The van der Waals surface area contributed by atoms with Crippen LogP contribution in [-0.4, -0.2) is 4.83 Å². The van der Waals surface area contributed by atoms with Crippen LogP contribution in [0.25, 0.3) is 10.8 Å². The van der Waals surface area contributed by atoms with E-state index in [0.717, 1.165) is 0 Å². The molecule has 0 aliphatic heterocycles. The van der Waals surface area contributed by atoms with Crippen molar-refractivity contribution in [3.63, 3.8) is 0 Å². The Hall–Kier alpha value is -0.820. The standard InChI is InChI=1S/C17H19Br/c18-17-9-3-1-2-8-16(17)15-11-10-13-6-4-5-7-14(13)12-15/h4-7,10-12,16-17H,1-3,8-9H2. The van der Waals surface area contributed by atoms with Gasteiger partial charge in [0.2, 0.25) is 0 Å².